The molecule has 1 aliphatic heterocycles. The standard InChI is InChI=1S/C21H20Cl2N2O4/c1-5-17(27)24(3)20-13-10-25(9-12(13)6-7-14(20)22)21(28)18-11(2)19(23)16(29-4)8-15(18)26/h5-8,26H,1,9-10H2,2-4H3. The number of carbonyl (C=O) groups is 2. The molecule has 6 nitrogen and oxygen atoms in total. The van der Waals surface area contributed by atoms with Gasteiger partial charge in [0.15, 0.2) is 0 Å². The van der Waals surface area contributed by atoms with Crippen LogP contribution < -0.4 is 9.64 Å². The van der Waals surface area contributed by atoms with Crippen molar-refractivity contribution in [1.82, 2.24) is 4.90 Å². The van der Waals surface area contributed by atoms with Crippen LogP contribution in [-0.4, -0.2) is 36.0 Å². The zero-order chi connectivity index (χ0) is 21.5. The Morgan fingerprint density at radius 2 is 2.00 bits per heavy atom. The van der Waals surface area contributed by atoms with Crippen molar-refractivity contribution in [1.29, 1.82) is 0 Å². The molecular weight excluding hydrogens is 415 g/mol. The van der Waals surface area contributed by atoms with Gasteiger partial charge in [0.1, 0.15) is 11.5 Å². The Hall–Kier alpha value is -2.70. The van der Waals surface area contributed by atoms with E-state index in [9.17, 15) is 14.7 Å². The topological polar surface area (TPSA) is 70.1 Å². The number of likely N-dealkylation sites (N-methyl/N-ethyl adjacent to an activating group) is 1. The zero-order valence-corrected chi connectivity index (χ0v) is 17.8. The lowest BCUT2D eigenvalue weighted by Gasteiger charge is -2.21. The number of carbonyl (C=O) groups excluding carboxylic acids is 2. The van der Waals surface area contributed by atoms with Crippen LogP contribution >= 0.6 is 23.2 Å². The van der Waals surface area contributed by atoms with E-state index in [2.05, 4.69) is 6.58 Å². The van der Waals surface area contributed by atoms with E-state index in [1.807, 2.05) is 6.07 Å². The maximum atomic E-state index is 13.2. The van der Waals surface area contributed by atoms with Gasteiger partial charge in [-0.15, -0.1) is 0 Å². The Morgan fingerprint density at radius 1 is 1.31 bits per heavy atom. The van der Waals surface area contributed by atoms with Crippen LogP contribution in [0.25, 0.3) is 0 Å². The second-order valence-electron chi connectivity index (χ2n) is 6.71. The van der Waals surface area contributed by atoms with Gasteiger partial charge in [-0.2, -0.15) is 0 Å². The number of hydrogen-bond donors (Lipinski definition) is 1. The summed E-state index contributed by atoms with van der Waals surface area (Å²) in [6.45, 7) is 5.71. The summed E-state index contributed by atoms with van der Waals surface area (Å²) in [5.41, 5.74) is 2.74. The lowest BCUT2D eigenvalue weighted by Crippen LogP contribution is -2.27. The minimum absolute atomic E-state index is 0.117. The summed E-state index contributed by atoms with van der Waals surface area (Å²) in [6, 6.07) is 4.85. The number of benzene rings is 2. The molecule has 2 aromatic carbocycles. The van der Waals surface area contributed by atoms with Gasteiger partial charge in [0, 0.05) is 31.8 Å². The highest BCUT2D eigenvalue weighted by atomic mass is 35.5. The summed E-state index contributed by atoms with van der Waals surface area (Å²) in [5.74, 6) is -0.593. The molecule has 0 radical (unpaired) electrons. The van der Waals surface area contributed by atoms with Crippen molar-refractivity contribution in [2.45, 2.75) is 20.0 Å². The summed E-state index contributed by atoms with van der Waals surface area (Å²) in [6.07, 6.45) is 1.20. The number of rotatable bonds is 4. The van der Waals surface area contributed by atoms with E-state index in [4.69, 9.17) is 27.9 Å². The quantitative estimate of drug-likeness (QED) is 0.727. The van der Waals surface area contributed by atoms with Gasteiger partial charge < -0.3 is 19.6 Å². The van der Waals surface area contributed by atoms with E-state index in [1.54, 1.807) is 24.9 Å². The van der Waals surface area contributed by atoms with Crippen LogP contribution in [0.5, 0.6) is 11.5 Å². The molecule has 0 aromatic heterocycles. The number of amides is 2. The molecular formula is C21H20Cl2N2O4. The summed E-state index contributed by atoms with van der Waals surface area (Å²) in [7, 11) is 3.04. The van der Waals surface area contributed by atoms with Crippen molar-refractivity contribution in [3.63, 3.8) is 0 Å². The molecule has 2 aromatic rings. The van der Waals surface area contributed by atoms with Gasteiger partial charge in [-0.1, -0.05) is 35.8 Å². The molecule has 152 valence electrons. The van der Waals surface area contributed by atoms with Crippen LogP contribution in [0, 0.1) is 6.92 Å². The minimum Gasteiger partial charge on any atom is -0.507 e. The molecule has 0 spiro atoms. The minimum atomic E-state index is -0.375. The van der Waals surface area contributed by atoms with E-state index in [0.717, 1.165) is 11.1 Å². The lowest BCUT2D eigenvalue weighted by atomic mass is 10.1. The number of halogens is 2. The number of aromatic hydroxyl groups is 1. The Kier molecular flexibility index (Phi) is 5.78. The maximum Gasteiger partial charge on any atom is 0.258 e. The normalized spacial score (nSPS) is 12.5. The Morgan fingerprint density at radius 3 is 2.62 bits per heavy atom. The highest BCUT2D eigenvalue weighted by Crippen LogP contribution is 2.40. The second-order valence-corrected chi connectivity index (χ2v) is 7.49. The molecule has 0 saturated heterocycles. The van der Waals surface area contributed by atoms with E-state index in [1.165, 1.54) is 24.2 Å². The average molecular weight is 435 g/mol. The number of anilines is 1. The van der Waals surface area contributed by atoms with Crippen molar-refractivity contribution in [3.05, 3.63) is 63.2 Å². The highest BCUT2D eigenvalue weighted by Gasteiger charge is 2.32. The first-order chi connectivity index (χ1) is 13.7. The van der Waals surface area contributed by atoms with Gasteiger partial charge in [-0.05, 0) is 30.2 Å². The van der Waals surface area contributed by atoms with Crippen LogP contribution in [0.4, 0.5) is 5.69 Å². The molecule has 0 fully saturated rings. The van der Waals surface area contributed by atoms with Gasteiger partial charge >= 0.3 is 0 Å². The summed E-state index contributed by atoms with van der Waals surface area (Å²) in [5, 5.41) is 11.1. The third-order valence-corrected chi connectivity index (χ3v) is 5.82. The number of phenols is 1. The number of methoxy groups -OCH3 is 1. The van der Waals surface area contributed by atoms with Crippen LogP contribution in [-0.2, 0) is 17.9 Å². The van der Waals surface area contributed by atoms with E-state index >= 15 is 0 Å². The first-order valence-electron chi connectivity index (χ1n) is 8.76. The van der Waals surface area contributed by atoms with Gasteiger partial charge in [0.25, 0.3) is 5.91 Å². The fourth-order valence-electron chi connectivity index (χ4n) is 3.50. The molecule has 29 heavy (non-hydrogen) atoms. The van der Waals surface area contributed by atoms with Crippen molar-refractivity contribution < 1.29 is 19.4 Å². The van der Waals surface area contributed by atoms with Crippen LogP contribution in [0.3, 0.4) is 0 Å². The second kappa shape index (κ2) is 7.97. The largest absolute Gasteiger partial charge is 0.507 e. The molecule has 8 heteroatoms. The number of nitrogens with zero attached hydrogens (tertiary/aromatic N) is 2. The summed E-state index contributed by atoms with van der Waals surface area (Å²) in [4.78, 5) is 28.3. The maximum absolute atomic E-state index is 13.2. The third-order valence-electron chi connectivity index (χ3n) is 5.05. The van der Waals surface area contributed by atoms with Crippen molar-refractivity contribution in [3.8, 4) is 11.5 Å². The Bertz CT molecular complexity index is 1040. The molecule has 3 rings (SSSR count). The number of fused-ring (bicyclic) bond motifs is 1. The predicted octanol–water partition coefficient (Wildman–Crippen LogP) is 4.32. The molecule has 0 aliphatic carbocycles. The number of ether oxygens (including phenoxy) is 1. The molecule has 0 unspecified atom stereocenters. The molecule has 1 heterocycles. The molecule has 0 saturated carbocycles. The van der Waals surface area contributed by atoms with Crippen LogP contribution in [0.15, 0.2) is 30.9 Å². The predicted molar refractivity (Wildman–Crippen MR) is 113 cm³/mol. The molecule has 1 N–H and O–H groups in total. The first kappa shape index (κ1) is 21.0. The molecule has 0 atom stereocenters. The van der Waals surface area contributed by atoms with Crippen LogP contribution in [0.1, 0.15) is 27.0 Å². The molecule has 0 bridgehead atoms. The van der Waals surface area contributed by atoms with Gasteiger partial charge in [-0.3, -0.25) is 9.59 Å². The van der Waals surface area contributed by atoms with Gasteiger partial charge in [0.2, 0.25) is 5.91 Å². The first-order valence-corrected chi connectivity index (χ1v) is 9.52. The van der Waals surface area contributed by atoms with Crippen molar-refractivity contribution in [2.75, 3.05) is 19.1 Å². The number of phenolic OH excluding ortho intramolecular Hbond substituents is 1. The Balaban J connectivity index is 2.00. The van der Waals surface area contributed by atoms with Gasteiger partial charge in [-0.25, -0.2) is 0 Å². The fraction of sp³-hybridized carbons (Fsp3) is 0.238. The van der Waals surface area contributed by atoms with E-state index in [0.29, 0.717) is 28.6 Å². The Labute approximate surface area is 178 Å². The van der Waals surface area contributed by atoms with Crippen molar-refractivity contribution >= 4 is 40.7 Å². The van der Waals surface area contributed by atoms with E-state index in [-0.39, 0.29) is 34.7 Å². The van der Waals surface area contributed by atoms with Crippen LogP contribution in [0.2, 0.25) is 10.0 Å². The number of hydrogen-bond acceptors (Lipinski definition) is 4. The van der Waals surface area contributed by atoms with Gasteiger partial charge in [0.05, 0.1) is 28.4 Å². The zero-order valence-electron chi connectivity index (χ0n) is 16.3. The monoisotopic (exact) mass is 434 g/mol. The smallest absolute Gasteiger partial charge is 0.258 e. The van der Waals surface area contributed by atoms with E-state index < -0.39 is 0 Å². The molecule has 1 aliphatic rings. The lowest BCUT2D eigenvalue weighted by molar-refractivity contribution is -0.113. The highest BCUT2D eigenvalue weighted by molar-refractivity contribution is 6.34. The average Bonchev–Trinajstić information content (AvgIpc) is 3.13. The fourth-order valence-corrected chi connectivity index (χ4v) is 4.03. The SMILES string of the molecule is C=CC(=O)N(C)c1c(Cl)ccc2c1CN(C(=O)c1c(O)cc(OC)c(Cl)c1C)C2. The summed E-state index contributed by atoms with van der Waals surface area (Å²) >= 11 is 12.6. The third kappa shape index (κ3) is 3.54. The molecule has 2 amide bonds. The summed E-state index contributed by atoms with van der Waals surface area (Å²) < 4.78 is 5.13. The van der Waals surface area contributed by atoms with Crippen molar-refractivity contribution in [2.24, 2.45) is 0 Å².